The molecule has 3 N–H and O–H groups in total. The van der Waals surface area contributed by atoms with Crippen LogP contribution in [0, 0.1) is 31.6 Å². The Morgan fingerprint density at radius 2 is 1.51 bits per heavy atom. The van der Waals surface area contributed by atoms with Crippen molar-refractivity contribution in [2.24, 2.45) is 17.8 Å². The highest BCUT2D eigenvalue weighted by molar-refractivity contribution is 6.03. The third-order valence-corrected chi connectivity index (χ3v) is 10.1. The lowest BCUT2D eigenvalue weighted by Gasteiger charge is -2.30. The second-order valence-electron chi connectivity index (χ2n) is 15.1. The van der Waals surface area contributed by atoms with Gasteiger partial charge in [0.2, 0.25) is 29.5 Å². The molecule has 0 spiro atoms. The van der Waals surface area contributed by atoms with Gasteiger partial charge in [-0.1, -0.05) is 77.9 Å². The number of aryl methyl sites for hydroxylation is 2. The van der Waals surface area contributed by atoms with Crippen LogP contribution < -0.4 is 16.0 Å². The minimum Gasteiger partial charge on any atom is -0.377 e. The number of likely N-dealkylation sites (tertiary alicyclic amines) is 1. The fourth-order valence-corrected chi connectivity index (χ4v) is 6.67. The van der Waals surface area contributed by atoms with Crippen molar-refractivity contribution in [3.8, 4) is 0 Å². The average molecular weight is 818 g/mol. The fourth-order valence-electron chi connectivity index (χ4n) is 6.67. The van der Waals surface area contributed by atoms with Gasteiger partial charge >= 0.3 is 0 Å². The van der Waals surface area contributed by atoms with Crippen molar-refractivity contribution in [1.82, 2.24) is 35.8 Å². The molecule has 1 aromatic heterocycles. The monoisotopic (exact) mass is 817 g/mol. The highest BCUT2D eigenvalue weighted by atomic mass is 16.5. The van der Waals surface area contributed by atoms with E-state index < -0.39 is 17.9 Å². The Labute approximate surface area is 346 Å². The Bertz CT molecular complexity index is 1760. The normalized spacial score (nSPS) is 18.1. The lowest BCUT2D eigenvalue weighted by molar-refractivity contribution is -0.140. The van der Waals surface area contributed by atoms with Crippen molar-refractivity contribution in [2.75, 3.05) is 52.7 Å². The van der Waals surface area contributed by atoms with Crippen molar-refractivity contribution < 1.29 is 43.0 Å². The first-order chi connectivity index (χ1) is 28.5. The molecule has 320 valence electrons. The number of hydrogen-bond donors (Lipinski definition) is 3. The van der Waals surface area contributed by atoms with E-state index >= 15 is 0 Å². The van der Waals surface area contributed by atoms with Crippen molar-refractivity contribution in [1.29, 1.82) is 0 Å². The van der Waals surface area contributed by atoms with Gasteiger partial charge in [-0.3, -0.25) is 28.9 Å². The van der Waals surface area contributed by atoms with E-state index in [4.69, 9.17) is 14.2 Å². The van der Waals surface area contributed by atoms with Crippen LogP contribution in [0.4, 0.5) is 0 Å². The molecule has 1 aliphatic heterocycles. The number of ether oxygens (including phenoxy) is 3. The summed E-state index contributed by atoms with van der Waals surface area (Å²) >= 11 is 0. The van der Waals surface area contributed by atoms with Crippen LogP contribution in [0.2, 0.25) is 0 Å². The van der Waals surface area contributed by atoms with Crippen LogP contribution >= 0.6 is 0 Å². The topological polar surface area (TPSA) is 200 Å². The zero-order chi connectivity index (χ0) is 42.4. The van der Waals surface area contributed by atoms with Gasteiger partial charge in [0.15, 0.2) is 0 Å². The number of carbonyl (C=O) groups is 6. The van der Waals surface area contributed by atoms with Crippen LogP contribution in [-0.4, -0.2) is 114 Å². The van der Waals surface area contributed by atoms with E-state index in [1.54, 1.807) is 17.8 Å². The number of imide groups is 1. The number of carbonyl (C=O) groups excluding carboxylic acids is 6. The van der Waals surface area contributed by atoms with Crippen molar-refractivity contribution >= 4 is 35.8 Å². The molecule has 5 amide bonds. The van der Waals surface area contributed by atoms with Gasteiger partial charge < -0.3 is 35.0 Å². The number of hydrogen-bond acceptors (Lipinski definition) is 11. The number of rotatable bonds is 22. The zero-order valence-corrected chi connectivity index (χ0v) is 34.4. The van der Waals surface area contributed by atoms with Crippen LogP contribution in [0.5, 0.6) is 0 Å². The second-order valence-corrected chi connectivity index (χ2v) is 15.1. The molecule has 16 nitrogen and oxygen atoms in total. The van der Waals surface area contributed by atoms with Gasteiger partial charge in [-0.15, -0.1) is 5.10 Å². The summed E-state index contributed by atoms with van der Waals surface area (Å²) in [6, 6.07) is 17.1. The predicted octanol–water partition coefficient (Wildman–Crippen LogP) is 2.49. The average Bonchev–Trinajstić information content (AvgIpc) is 3.79. The minimum absolute atomic E-state index is 0.0226. The molecule has 16 heteroatoms. The van der Waals surface area contributed by atoms with Crippen LogP contribution in [0.25, 0.3) is 0 Å². The summed E-state index contributed by atoms with van der Waals surface area (Å²) in [6.45, 7) is 8.15. The number of aldehydes is 1. The molecule has 1 aliphatic carbocycles. The molecule has 5 rings (SSSR count). The highest BCUT2D eigenvalue weighted by Crippen LogP contribution is 2.31. The predicted molar refractivity (Wildman–Crippen MR) is 217 cm³/mol. The quantitative estimate of drug-likeness (QED) is 0.0765. The number of amides is 5. The molecule has 1 saturated heterocycles. The van der Waals surface area contributed by atoms with Crippen LogP contribution in [0.1, 0.15) is 61.4 Å². The Hall–Kier alpha value is -5.32. The molecule has 0 bridgehead atoms. The van der Waals surface area contributed by atoms with E-state index in [9.17, 15) is 28.8 Å². The standard InChI is InChI=1S/C35H49N7O9.C8H10/c1-25-17-33(46)42(35(25)48)20-27-7-9-28(10-8-27)34(47)37-19-30-21-41(40-39-30)12-14-50-16-15-49-13-11-36-31(44)23-51-24-32(45)38-29(22-43)18-26-5-3-2-4-6-26;1-7-3-5-8(2)6-4-7/h2-6,21-22,25,27-29H,7-20,23-24H2,1H3,(H,36,44)(H,37,47)(H,38,45);3-6H,1-2H3/t25?,27?,28?,29-;/m1./s1. The van der Waals surface area contributed by atoms with E-state index in [0.29, 0.717) is 57.7 Å². The Morgan fingerprint density at radius 3 is 2.15 bits per heavy atom. The third-order valence-electron chi connectivity index (χ3n) is 10.1. The van der Waals surface area contributed by atoms with Crippen molar-refractivity contribution in [3.63, 3.8) is 0 Å². The summed E-state index contributed by atoms with van der Waals surface area (Å²) in [5, 5.41) is 16.4. The van der Waals surface area contributed by atoms with Gasteiger partial charge in [-0.2, -0.15) is 0 Å². The van der Waals surface area contributed by atoms with E-state index in [-0.39, 0.29) is 68.4 Å². The second kappa shape index (κ2) is 25.2. The SMILES string of the molecule is CC1CC(=O)N(CC2CCC(C(=O)NCc3cn(CCOCCOCCNC(=O)COCC(=O)N[C@@H](C=O)Cc4ccccc4)nn3)CC2)C1=O.Cc1ccc(C)cc1. The van der Waals surface area contributed by atoms with Crippen LogP contribution in [0.15, 0.2) is 60.8 Å². The third kappa shape index (κ3) is 17.2. The van der Waals surface area contributed by atoms with E-state index in [1.807, 2.05) is 30.3 Å². The van der Waals surface area contributed by atoms with E-state index in [1.165, 1.54) is 16.0 Å². The lowest BCUT2D eigenvalue weighted by Crippen LogP contribution is -2.40. The number of benzene rings is 2. The van der Waals surface area contributed by atoms with Gasteiger partial charge in [0.05, 0.1) is 51.8 Å². The van der Waals surface area contributed by atoms with Crippen molar-refractivity contribution in [2.45, 2.75) is 78.4 Å². The summed E-state index contributed by atoms with van der Waals surface area (Å²) in [4.78, 5) is 73.7. The van der Waals surface area contributed by atoms with Crippen LogP contribution in [-0.2, 0) is 62.5 Å². The molecule has 1 saturated carbocycles. The van der Waals surface area contributed by atoms with Gasteiger partial charge in [0.25, 0.3) is 0 Å². The maximum absolute atomic E-state index is 12.7. The number of nitrogens with one attached hydrogen (secondary N) is 3. The molecule has 2 atom stereocenters. The molecular weight excluding hydrogens is 759 g/mol. The first-order valence-electron chi connectivity index (χ1n) is 20.3. The van der Waals surface area contributed by atoms with Gasteiger partial charge in [-0.05, 0) is 57.4 Å². The van der Waals surface area contributed by atoms with E-state index in [2.05, 4.69) is 64.4 Å². The molecule has 2 aliphatic rings. The van der Waals surface area contributed by atoms with Gasteiger partial charge in [0.1, 0.15) is 25.2 Å². The Kier molecular flexibility index (Phi) is 19.8. The summed E-state index contributed by atoms with van der Waals surface area (Å²) in [5.74, 6) is -1.16. The first kappa shape index (κ1) is 46.4. The van der Waals surface area contributed by atoms with Gasteiger partial charge in [-0.25, -0.2) is 4.68 Å². The fraction of sp³-hybridized carbons (Fsp3) is 0.535. The molecular formula is C43H59N7O9. The highest BCUT2D eigenvalue weighted by Gasteiger charge is 2.37. The molecule has 2 aromatic carbocycles. The first-order valence-corrected chi connectivity index (χ1v) is 20.3. The smallest absolute Gasteiger partial charge is 0.246 e. The number of aromatic nitrogens is 3. The summed E-state index contributed by atoms with van der Waals surface area (Å²) in [7, 11) is 0. The molecule has 1 unspecified atom stereocenters. The Morgan fingerprint density at radius 1 is 0.847 bits per heavy atom. The molecule has 0 radical (unpaired) electrons. The lowest BCUT2D eigenvalue weighted by atomic mass is 9.81. The van der Waals surface area contributed by atoms with E-state index in [0.717, 1.165) is 31.2 Å². The summed E-state index contributed by atoms with van der Waals surface area (Å²) in [6.07, 6.45) is 6.16. The molecule has 3 aromatic rings. The summed E-state index contributed by atoms with van der Waals surface area (Å²) in [5.41, 5.74) is 4.22. The maximum atomic E-state index is 12.7. The largest absolute Gasteiger partial charge is 0.377 e. The molecule has 2 fully saturated rings. The Balaban J connectivity index is 0.000000856. The molecule has 2 heterocycles. The minimum atomic E-state index is -0.677. The van der Waals surface area contributed by atoms with Crippen molar-refractivity contribution in [3.05, 3.63) is 83.2 Å². The zero-order valence-electron chi connectivity index (χ0n) is 34.4. The van der Waals surface area contributed by atoms with Gasteiger partial charge in [0, 0.05) is 31.3 Å². The van der Waals surface area contributed by atoms with Crippen LogP contribution in [0.3, 0.4) is 0 Å². The maximum Gasteiger partial charge on any atom is 0.246 e. The summed E-state index contributed by atoms with van der Waals surface area (Å²) < 4.78 is 17.8. The number of nitrogens with zero attached hydrogens (tertiary/aromatic N) is 4. The molecule has 59 heavy (non-hydrogen) atoms.